The zero-order valence-corrected chi connectivity index (χ0v) is 12.4. The fraction of sp³-hybridized carbons (Fsp3) is 0.667. The molecule has 20 heavy (non-hydrogen) atoms. The van der Waals surface area contributed by atoms with Gasteiger partial charge >= 0.3 is 0 Å². The number of nitrogen functional groups attached to an aromatic ring is 1. The van der Waals surface area contributed by atoms with Crippen molar-refractivity contribution in [3.63, 3.8) is 0 Å². The van der Waals surface area contributed by atoms with E-state index in [1.54, 1.807) is 12.1 Å². The number of nitrogens with one attached hydrogen (secondary N) is 1. The third-order valence-corrected chi connectivity index (χ3v) is 3.48. The van der Waals surface area contributed by atoms with Crippen LogP contribution in [0.2, 0.25) is 0 Å². The van der Waals surface area contributed by atoms with Crippen LogP contribution in [0.5, 0.6) is 5.88 Å². The van der Waals surface area contributed by atoms with Crippen molar-refractivity contribution in [1.82, 2.24) is 4.98 Å². The molecule has 1 aromatic heterocycles. The van der Waals surface area contributed by atoms with E-state index in [0.717, 1.165) is 12.8 Å². The van der Waals surface area contributed by atoms with Crippen molar-refractivity contribution < 1.29 is 9.84 Å². The molecule has 112 valence electrons. The first-order valence-electron chi connectivity index (χ1n) is 7.36. The molecule has 5 nitrogen and oxygen atoms in total. The van der Waals surface area contributed by atoms with Crippen molar-refractivity contribution in [2.75, 3.05) is 24.2 Å². The molecular weight excluding hydrogens is 254 g/mol. The Labute approximate surface area is 120 Å². The van der Waals surface area contributed by atoms with Gasteiger partial charge < -0.3 is 20.9 Å². The van der Waals surface area contributed by atoms with Gasteiger partial charge in [-0.25, -0.2) is 0 Å². The molecule has 0 spiro atoms. The van der Waals surface area contributed by atoms with Crippen LogP contribution in [0.25, 0.3) is 0 Å². The Kier molecular flexibility index (Phi) is 4.70. The maximum absolute atomic E-state index is 10.1. The van der Waals surface area contributed by atoms with E-state index in [1.165, 1.54) is 12.8 Å². The van der Waals surface area contributed by atoms with Crippen LogP contribution in [-0.4, -0.2) is 28.8 Å². The Morgan fingerprint density at radius 3 is 2.90 bits per heavy atom. The molecule has 5 heteroatoms. The van der Waals surface area contributed by atoms with Crippen molar-refractivity contribution in [3.8, 4) is 5.88 Å². The summed E-state index contributed by atoms with van der Waals surface area (Å²) in [5.41, 5.74) is 5.68. The Hall–Kier alpha value is -1.49. The predicted octanol–water partition coefficient (Wildman–Crippen LogP) is 2.42. The second-order valence-electron chi connectivity index (χ2n) is 5.95. The fourth-order valence-electron chi connectivity index (χ4n) is 2.05. The molecule has 0 aliphatic heterocycles. The quantitative estimate of drug-likeness (QED) is 0.681. The minimum atomic E-state index is -0.729. The van der Waals surface area contributed by atoms with Crippen LogP contribution in [-0.2, 0) is 0 Å². The number of nitrogens with zero attached hydrogens (tertiary/aromatic N) is 1. The highest BCUT2D eigenvalue weighted by Crippen LogP contribution is 2.30. The molecule has 0 saturated heterocycles. The van der Waals surface area contributed by atoms with Crippen LogP contribution in [0.15, 0.2) is 12.1 Å². The van der Waals surface area contributed by atoms with Crippen molar-refractivity contribution >= 4 is 11.5 Å². The summed E-state index contributed by atoms with van der Waals surface area (Å²) in [6.07, 6.45) is 4.16. The number of rotatable bonds is 8. The molecular formula is C15H25N3O2. The molecule has 0 bridgehead atoms. The summed E-state index contributed by atoms with van der Waals surface area (Å²) < 4.78 is 5.64. The Balaban J connectivity index is 1.92. The van der Waals surface area contributed by atoms with E-state index in [9.17, 15) is 5.11 Å². The lowest BCUT2D eigenvalue weighted by molar-refractivity contribution is 0.0636. The SMILES string of the molecule is CCCC(C)(O)CNc1ccc(N)c(OCC2CC2)n1. The maximum atomic E-state index is 10.1. The summed E-state index contributed by atoms with van der Waals surface area (Å²) in [5, 5.41) is 13.3. The molecule has 1 aliphatic rings. The van der Waals surface area contributed by atoms with E-state index < -0.39 is 5.60 Å². The first kappa shape index (κ1) is 14.9. The van der Waals surface area contributed by atoms with E-state index >= 15 is 0 Å². The molecule has 4 N–H and O–H groups in total. The third kappa shape index (κ3) is 4.56. The maximum Gasteiger partial charge on any atom is 0.239 e. The summed E-state index contributed by atoms with van der Waals surface area (Å²) in [6, 6.07) is 3.59. The van der Waals surface area contributed by atoms with Gasteiger partial charge in [0.05, 0.1) is 17.9 Å². The number of aliphatic hydroxyl groups is 1. The van der Waals surface area contributed by atoms with Crippen LogP contribution < -0.4 is 15.8 Å². The van der Waals surface area contributed by atoms with Crippen molar-refractivity contribution in [3.05, 3.63) is 12.1 Å². The highest BCUT2D eigenvalue weighted by atomic mass is 16.5. The predicted molar refractivity (Wildman–Crippen MR) is 80.9 cm³/mol. The number of pyridine rings is 1. The van der Waals surface area contributed by atoms with Gasteiger partial charge in [0, 0.05) is 6.54 Å². The van der Waals surface area contributed by atoms with Gasteiger partial charge in [-0.15, -0.1) is 0 Å². The average molecular weight is 279 g/mol. The second-order valence-corrected chi connectivity index (χ2v) is 5.95. The number of ether oxygens (including phenoxy) is 1. The van der Waals surface area contributed by atoms with E-state index in [4.69, 9.17) is 10.5 Å². The molecule has 0 amide bonds. The molecule has 1 fully saturated rings. The highest BCUT2D eigenvalue weighted by molar-refractivity contribution is 5.53. The minimum absolute atomic E-state index is 0.458. The molecule has 2 rings (SSSR count). The number of nitrogens with two attached hydrogens (primary N) is 1. The average Bonchev–Trinajstić information content (AvgIpc) is 3.20. The van der Waals surface area contributed by atoms with Crippen LogP contribution in [0.3, 0.4) is 0 Å². The summed E-state index contributed by atoms with van der Waals surface area (Å²) >= 11 is 0. The Bertz CT molecular complexity index is 445. The number of hydrogen-bond donors (Lipinski definition) is 3. The van der Waals surface area contributed by atoms with Gasteiger partial charge in [0.2, 0.25) is 5.88 Å². The van der Waals surface area contributed by atoms with Gasteiger partial charge in [-0.3, -0.25) is 0 Å². The van der Waals surface area contributed by atoms with E-state index in [2.05, 4.69) is 17.2 Å². The van der Waals surface area contributed by atoms with E-state index in [1.807, 2.05) is 6.92 Å². The van der Waals surface area contributed by atoms with Gasteiger partial charge in [0.15, 0.2) is 0 Å². The monoisotopic (exact) mass is 279 g/mol. The number of aromatic nitrogens is 1. The van der Waals surface area contributed by atoms with Gasteiger partial charge in [-0.05, 0) is 44.2 Å². The first-order valence-corrected chi connectivity index (χ1v) is 7.36. The van der Waals surface area contributed by atoms with Crippen LogP contribution in [0, 0.1) is 5.92 Å². The van der Waals surface area contributed by atoms with Crippen molar-refractivity contribution in [2.45, 2.75) is 45.1 Å². The van der Waals surface area contributed by atoms with Gasteiger partial charge in [-0.1, -0.05) is 13.3 Å². The normalized spacial score (nSPS) is 17.6. The number of anilines is 2. The topological polar surface area (TPSA) is 80.4 Å². The lowest BCUT2D eigenvalue weighted by atomic mass is 10.0. The molecule has 0 radical (unpaired) electrons. The first-order chi connectivity index (χ1) is 9.50. The molecule has 1 saturated carbocycles. The lowest BCUT2D eigenvalue weighted by Crippen LogP contribution is -2.33. The zero-order chi connectivity index (χ0) is 14.6. The molecule has 1 atom stereocenters. The summed E-state index contributed by atoms with van der Waals surface area (Å²) in [7, 11) is 0. The molecule has 1 aliphatic carbocycles. The van der Waals surface area contributed by atoms with Crippen LogP contribution in [0.1, 0.15) is 39.5 Å². The van der Waals surface area contributed by atoms with Crippen LogP contribution >= 0.6 is 0 Å². The third-order valence-electron chi connectivity index (χ3n) is 3.48. The smallest absolute Gasteiger partial charge is 0.239 e. The van der Waals surface area contributed by atoms with Gasteiger partial charge in [0.1, 0.15) is 5.82 Å². The fourth-order valence-corrected chi connectivity index (χ4v) is 2.05. The minimum Gasteiger partial charge on any atom is -0.476 e. The largest absolute Gasteiger partial charge is 0.476 e. The molecule has 1 unspecified atom stereocenters. The van der Waals surface area contributed by atoms with E-state index in [-0.39, 0.29) is 0 Å². The van der Waals surface area contributed by atoms with Gasteiger partial charge in [0.25, 0.3) is 0 Å². The summed E-state index contributed by atoms with van der Waals surface area (Å²) in [5.74, 6) is 1.83. The molecule has 1 heterocycles. The zero-order valence-electron chi connectivity index (χ0n) is 12.4. The molecule has 1 aromatic rings. The standard InChI is InChI=1S/C15H25N3O2/c1-3-8-15(2,19)10-17-13-7-6-12(16)14(18-13)20-9-11-4-5-11/h6-7,11,19H,3-5,8-10,16H2,1-2H3,(H,17,18). The highest BCUT2D eigenvalue weighted by Gasteiger charge is 2.23. The van der Waals surface area contributed by atoms with E-state index in [0.29, 0.717) is 36.5 Å². The van der Waals surface area contributed by atoms with Crippen LogP contribution in [0.4, 0.5) is 11.5 Å². The van der Waals surface area contributed by atoms with Crippen molar-refractivity contribution in [1.29, 1.82) is 0 Å². The second kappa shape index (κ2) is 6.31. The molecule has 0 aromatic carbocycles. The van der Waals surface area contributed by atoms with Crippen molar-refractivity contribution in [2.24, 2.45) is 5.92 Å². The Morgan fingerprint density at radius 1 is 1.50 bits per heavy atom. The number of hydrogen-bond acceptors (Lipinski definition) is 5. The van der Waals surface area contributed by atoms with Gasteiger partial charge in [-0.2, -0.15) is 4.98 Å². The summed E-state index contributed by atoms with van der Waals surface area (Å²) in [6.45, 7) is 5.03. The Morgan fingerprint density at radius 2 is 2.25 bits per heavy atom. The summed E-state index contributed by atoms with van der Waals surface area (Å²) in [4.78, 5) is 4.37. The lowest BCUT2D eigenvalue weighted by Gasteiger charge is -2.23.